The van der Waals surface area contributed by atoms with Crippen LogP contribution >= 0.6 is 0 Å². The van der Waals surface area contributed by atoms with E-state index in [1.165, 1.54) is 19.1 Å². The summed E-state index contributed by atoms with van der Waals surface area (Å²) < 4.78 is 52.4. The first-order valence-electron chi connectivity index (χ1n) is 9.41. The van der Waals surface area contributed by atoms with Crippen LogP contribution in [-0.4, -0.2) is 32.3 Å². The molecule has 1 amide bonds. The van der Waals surface area contributed by atoms with Crippen molar-refractivity contribution in [2.24, 2.45) is 5.73 Å². The molecule has 1 atom stereocenters. The molecule has 4 rings (SSSR count). The Labute approximate surface area is 179 Å². The van der Waals surface area contributed by atoms with Gasteiger partial charge in [0, 0.05) is 11.6 Å². The summed E-state index contributed by atoms with van der Waals surface area (Å²) in [6.45, 7) is 2.86. The molecular formula is C21H17F3N4O4. The fourth-order valence-electron chi connectivity index (χ4n) is 3.34. The number of alkyl halides is 3. The molecular weight excluding hydrogens is 429 g/mol. The predicted octanol–water partition coefficient (Wildman–Crippen LogP) is 2.62. The van der Waals surface area contributed by atoms with Crippen LogP contribution in [-0.2, 0) is 18.3 Å². The summed E-state index contributed by atoms with van der Waals surface area (Å²) in [6.07, 6.45) is -4.84. The molecule has 0 aliphatic carbocycles. The summed E-state index contributed by atoms with van der Waals surface area (Å²) in [7, 11) is 0. The fourth-order valence-corrected chi connectivity index (χ4v) is 3.34. The zero-order valence-electron chi connectivity index (χ0n) is 16.9. The van der Waals surface area contributed by atoms with Crippen molar-refractivity contribution in [3.05, 3.63) is 52.7 Å². The Balaban J connectivity index is 1.82. The van der Waals surface area contributed by atoms with E-state index < -0.39 is 29.1 Å². The Hall–Kier alpha value is -3.78. The molecule has 0 saturated heterocycles. The number of nitrogens with zero attached hydrogens (tertiary/aromatic N) is 3. The zero-order chi connectivity index (χ0) is 23.3. The average molecular weight is 446 g/mol. The highest BCUT2D eigenvalue weighted by molar-refractivity contribution is 5.93. The summed E-state index contributed by atoms with van der Waals surface area (Å²) in [5.41, 5.74) is 2.25. The number of aromatic nitrogens is 3. The predicted molar refractivity (Wildman–Crippen MR) is 104 cm³/mol. The molecule has 0 saturated carbocycles. The van der Waals surface area contributed by atoms with Crippen molar-refractivity contribution in [1.82, 2.24) is 14.7 Å². The largest absolute Gasteiger partial charge is 0.491 e. The number of hydrogen-bond donors (Lipinski definition) is 2. The molecule has 1 aliphatic rings. The van der Waals surface area contributed by atoms with Gasteiger partial charge in [-0.1, -0.05) is 17.0 Å². The Morgan fingerprint density at radius 3 is 2.69 bits per heavy atom. The van der Waals surface area contributed by atoms with Gasteiger partial charge < -0.3 is 24.7 Å². The second-order valence-electron chi connectivity index (χ2n) is 7.35. The van der Waals surface area contributed by atoms with Crippen LogP contribution in [0.5, 0.6) is 5.75 Å². The standard InChI is InChI=1S/C21H17F3N4O4/c1-11-9-15(27-32-11)20(2,30)6-5-12-3-4-14-13(10-12)19-26-16(18(25)29)17(21(22,23)24)28(19)7-8-31-14/h3-4,9-10,30H,7-8H2,1-2H3,(H2,25,29)/t20-/m1/s1. The summed E-state index contributed by atoms with van der Waals surface area (Å²) in [5.74, 6) is 4.84. The van der Waals surface area contributed by atoms with Gasteiger partial charge in [0.25, 0.3) is 5.91 Å². The highest BCUT2D eigenvalue weighted by Gasteiger charge is 2.42. The Morgan fingerprint density at radius 1 is 1.31 bits per heavy atom. The number of fused-ring (bicyclic) bond motifs is 3. The fraction of sp³-hybridized carbons (Fsp3) is 0.286. The van der Waals surface area contributed by atoms with E-state index in [-0.39, 0.29) is 36.0 Å². The number of rotatable bonds is 2. The van der Waals surface area contributed by atoms with Gasteiger partial charge in [0.2, 0.25) is 0 Å². The maximum absolute atomic E-state index is 13.7. The molecule has 1 aliphatic heterocycles. The van der Waals surface area contributed by atoms with E-state index in [0.29, 0.717) is 11.3 Å². The number of ether oxygens (including phenoxy) is 1. The molecule has 3 aromatic rings. The zero-order valence-corrected chi connectivity index (χ0v) is 16.9. The molecule has 8 nitrogen and oxygen atoms in total. The first kappa shape index (κ1) is 21.5. The highest BCUT2D eigenvalue weighted by atomic mass is 19.4. The van der Waals surface area contributed by atoms with E-state index in [1.54, 1.807) is 19.1 Å². The first-order valence-corrected chi connectivity index (χ1v) is 9.41. The van der Waals surface area contributed by atoms with Crippen molar-refractivity contribution >= 4 is 5.91 Å². The quantitative estimate of drug-likeness (QED) is 0.585. The number of nitrogens with two attached hydrogens (primary N) is 1. The van der Waals surface area contributed by atoms with Gasteiger partial charge in [-0.3, -0.25) is 4.79 Å². The Kier molecular flexibility index (Phi) is 4.97. The Morgan fingerprint density at radius 2 is 2.06 bits per heavy atom. The number of hydrogen-bond acceptors (Lipinski definition) is 6. The third-order valence-electron chi connectivity index (χ3n) is 4.84. The molecule has 0 fully saturated rings. The Bertz CT molecular complexity index is 1280. The molecule has 1 aromatic carbocycles. The SMILES string of the molecule is Cc1cc([C@](C)(O)C#Cc2ccc3c(c2)-c2nc(C(N)=O)c(C(F)(F)F)n2CCO3)no1. The number of carbonyl (C=O) groups is 1. The lowest BCUT2D eigenvalue weighted by atomic mass is 10.0. The number of aliphatic hydroxyl groups is 1. The second-order valence-corrected chi connectivity index (χ2v) is 7.35. The first-order chi connectivity index (χ1) is 15.0. The van der Waals surface area contributed by atoms with E-state index in [4.69, 9.17) is 15.0 Å². The van der Waals surface area contributed by atoms with Crippen LogP contribution in [0.1, 0.15) is 40.1 Å². The molecule has 0 spiro atoms. The normalized spacial score (nSPS) is 14.8. The number of carbonyl (C=O) groups excluding carboxylic acids is 1. The number of imidazole rings is 1. The van der Waals surface area contributed by atoms with Crippen LogP contribution < -0.4 is 10.5 Å². The van der Waals surface area contributed by atoms with Crippen molar-refractivity contribution in [1.29, 1.82) is 0 Å². The molecule has 3 heterocycles. The summed E-state index contributed by atoms with van der Waals surface area (Å²) in [5, 5.41) is 14.3. The van der Waals surface area contributed by atoms with Crippen LogP contribution in [0.25, 0.3) is 11.4 Å². The van der Waals surface area contributed by atoms with E-state index in [0.717, 1.165) is 4.57 Å². The van der Waals surface area contributed by atoms with Crippen LogP contribution in [0.2, 0.25) is 0 Å². The van der Waals surface area contributed by atoms with Crippen molar-refractivity contribution in [3.8, 4) is 29.0 Å². The summed E-state index contributed by atoms with van der Waals surface area (Å²) in [4.78, 5) is 15.5. The maximum Gasteiger partial charge on any atom is 0.433 e. The third kappa shape index (κ3) is 3.80. The molecule has 0 radical (unpaired) electrons. The lowest BCUT2D eigenvalue weighted by Gasteiger charge is -2.12. The highest BCUT2D eigenvalue weighted by Crippen LogP contribution is 2.39. The minimum atomic E-state index is -4.84. The molecule has 32 heavy (non-hydrogen) atoms. The molecule has 2 aromatic heterocycles. The molecule has 166 valence electrons. The van der Waals surface area contributed by atoms with E-state index in [2.05, 4.69) is 22.0 Å². The average Bonchev–Trinajstić information content (AvgIpc) is 3.27. The third-order valence-corrected chi connectivity index (χ3v) is 4.84. The van der Waals surface area contributed by atoms with Crippen molar-refractivity contribution in [2.45, 2.75) is 32.2 Å². The van der Waals surface area contributed by atoms with Crippen LogP contribution in [0.4, 0.5) is 13.2 Å². The topological polar surface area (TPSA) is 116 Å². The van der Waals surface area contributed by atoms with E-state index in [9.17, 15) is 23.1 Å². The van der Waals surface area contributed by atoms with Crippen LogP contribution in [0.3, 0.4) is 0 Å². The van der Waals surface area contributed by atoms with Gasteiger partial charge in [0.1, 0.15) is 29.6 Å². The van der Waals surface area contributed by atoms with E-state index in [1.807, 2.05) is 0 Å². The molecule has 3 N–H and O–H groups in total. The van der Waals surface area contributed by atoms with Gasteiger partial charge in [-0.25, -0.2) is 4.98 Å². The minimum Gasteiger partial charge on any atom is -0.491 e. The number of benzene rings is 1. The van der Waals surface area contributed by atoms with Crippen LogP contribution in [0, 0.1) is 18.8 Å². The van der Waals surface area contributed by atoms with Gasteiger partial charge in [0.15, 0.2) is 17.0 Å². The van der Waals surface area contributed by atoms with Gasteiger partial charge in [-0.05, 0) is 32.0 Å². The number of primary amides is 1. The van der Waals surface area contributed by atoms with Crippen molar-refractivity contribution in [3.63, 3.8) is 0 Å². The molecule has 0 unspecified atom stereocenters. The monoisotopic (exact) mass is 446 g/mol. The van der Waals surface area contributed by atoms with Crippen molar-refractivity contribution in [2.75, 3.05) is 6.61 Å². The second kappa shape index (κ2) is 7.42. The number of halogens is 3. The van der Waals surface area contributed by atoms with Gasteiger partial charge in [-0.2, -0.15) is 13.2 Å². The van der Waals surface area contributed by atoms with Crippen molar-refractivity contribution < 1.29 is 32.3 Å². The van der Waals surface area contributed by atoms with E-state index >= 15 is 0 Å². The molecule has 11 heteroatoms. The number of amides is 1. The molecule has 0 bridgehead atoms. The van der Waals surface area contributed by atoms with Crippen LogP contribution in [0.15, 0.2) is 28.8 Å². The van der Waals surface area contributed by atoms with Gasteiger partial charge >= 0.3 is 6.18 Å². The van der Waals surface area contributed by atoms with Gasteiger partial charge in [-0.15, -0.1) is 0 Å². The number of aryl methyl sites for hydroxylation is 1. The van der Waals surface area contributed by atoms with Gasteiger partial charge in [0.05, 0.1) is 12.1 Å². The lowest BCUT2D eigenvalue weighted by molar-refractivity contribution is -0.143. The summed E-state index contributed by atoms with van der Waals surface area (Å²) >= 11 is 0. The maximum atomic E-state index is 13.7. The smallest absolute Gasteiger partial charge is 0.433 e. The lowest BCUT2D eigenvalue weighted by Crippen LogP contribution is -2.22. The summed E-state index contributed by atoms with van der Waals surface area (Å²) in [6, 6.07) is 6.14. The minimum absolute atomic E-state index is 0.0666.